The molecule has 3 nitrogen and oxygen atoms in total. The Morgan fingerprint density at radius 3 is 2.22 bits per heavy atom. The molecule has 1 aromatic carbocycles. The van der Waals surface area contributed by atoms with Crippen LogP contribution in [0.5, 0.6) is 0 Å². The second-order valence-electron chi connectivity index (χ2n) is 10.9. The van der Waals surface area contributed by atoms with Crippen LogP contribution in [0.1, 0.15) is 93.2 Å². The van der Waals surface area contributed by atoms with E-state index in [9.17, 15) is 9.18 Å². The molecule has 0 spiro atoms. The molecule has 1 amide bonds. The molecule has 1 atom stereocenters. The van der Waals surface area contributed by atoms with E-state index < -0.39 is 12.8 Å². The predicted octanol–water partition coefficient (Wildman–Crippen LogP) is 9.20. The van der Waals surface area contributed by atoms with Gasteiger partial charge in [0.2, 0.25) is 0 Å². The van der Waals surface area contributed by atoms with Crippen molar-refractivity contribution in [2.24, 2.45) is 0 Å². The molecule has 0 bridgehead atoms. The van der Waals surface area contributed by atoms with E-state index in [-0.39, 0.29) is 18.0 Å². The van der Waals surface area contributed by atoms with Crippen LogP contribution < -0.4 is 0 Å². The van der Waals surface area contributed by atoms with Crippen LogP contribution >= 0.6 is 21.0 Å². The maximum atomic E-state index is 14.4. The minimum absolute atomic E-state index is 0.0736. The first-order valence-corrected chi connectivity index (χ1v) is 17.0. The Morgan fingerprint density at radius 2 is 1.69 bits per heavy atom. The molecule has 1 saturated heterocycles. The Kier molecular flexibility index (Phi) is 9.63. The number of nitrogens with zero attached hydrogens (tertiary/aromatic N) is 1. The largest absolute Gasteiger partial charge is 0.444 e. The number of carbonyl (C=O) groups is 1. The number of likely N-dealkylation sites (tertiary alicyclic amines) is 1. The third-order valence-electron chi connectivity index (χ3n) is 6.45. The van der Waals surface area contributed by atoms with E-state index in [1.54, 1.807) is 16.9 Å². The molecular formula is C25H42FNO2S2Si. The average Bonchev–Trinajstić information content (AvgIpc) is 2.66. The van der Waals surface area contributed by atoms with Crippen LogP contribution in [0, 0.1) is 5.82 Å². The van der Waals surface area contributed by atoms with Crippen LogP contribution in [0.15, 0.2) is 23.1 Å². The number of carbonyl (C=O) groups excluding carboxylic acids is 1. The molecule has 0 radical (unpaired) electrons. The van der Waals surface area contributed by atoms with Crippen molar-refractivity contribution in [3.63, 3.8) is 0 Å². The normalized spacial score (nSPS) is 18.0. The molecule has 1 aromatic rings. The fraction of sp³-hybridized carbons (Fsp3) is 0.720. The minimum atomic E-state index is -1.72. The molecule has 1 aliphatic heterocycles. The summed E-state index contributed by atoms with van der Waals surface area (Å²) in [7, 11) is 2.02. The van der Waals surface area contributed by atoms with E-state index in [1.165, 1.54) is 6.07 Å². The summed E-state index contributed by atoms with van der Waals surface area (Å²) in [6, 6.07) is 5.00. The van der Waals surface area contributed by atoms with Crippen molar-refractivity contribution in [2.75, 3.05) is 6.54 Å². The monoisotopic (exact) mass is 499 g/mol. The molecule has 182 valence electrons. The van der Waals surface area contributed by atoms with Gasteiger partial charge in [-0.25, -0.2) is 9.18 Å². The van der Waals surface area contributed by atoms with E-state index in [0.717, 1.165) is 29.7 Å². The fourth-order valence-electron chi connectivity index (χ4n) is 5.06. The number of halogens is 1. The van der Waals surface area contributed by atoms with Crippen LogP contribution in [0.2, 0.25) is 16.6 Å². The van der Waals surface area contributed by atoms with Crippen molar-refractivity contribution in [1.82, 2.24) is 4.90 Å². The molecule has 1 unspecified atom stereocenters. The molecule has 7 heteroatoms. The molecule has 1 heterocycles. The summed E-state index contributed by atoms with van der Waals surface area (Å²) in [6.45, 7) is 20.4. The van der Waals surface area contributed by atoms with E-state index in [1.807, 2.05) is 42.0 Å². The Labute approximate surface area is 203 Å². The lowest BCUT2D eigenvalue weighted by molar-refractivity contribution is 0.00921. The quantitative estimate of drug-likeness (QED) is 0.276. The SMILES string of the molecule is CC(C)[Si](SSc1cc(F)ccc1C1CCCCN1C(=O)OC(C)(C)C)(C(C)C)C(C)C. The molecule has 1 fully saturated rings. The average molecular weight is 500 g/mol. The Balaban J connectivity index is 2.39. The maximum Gasteiger partial charge on any atom is 0.410 e. The van der Waals surface area contributed by atoms with Gasteiger partial charge in [-0.1, -0.05) is 58.4 Å². The van der Waals surface area contributed by atoms with Gasteiger partial charge in [0.05, 0.1) is 6.04 Å². The Hall–Kier alpha value is -0.663. The summed E-state index contributed by atoms with van der Waals surface area (Å²) < 4.78 is 20.1. The van der Waals surface area contributed by atoms with Gasteiger partial charge in [0, 0.05) is 11.4 Å². The third kappa shape index (κ3) is 6.47. The molecule has 2 rings (SSSR count). The number of piperidine rings is 1. The summed E-state index contributed by atoms with van der Waals surface area (Å²) in [6.07, 6.45) is 2.63. The van der Waals surface area contributed by atoms with Gasteiger partial charge in [0.25, 0.3) is 0 Å². The van der Waals surface area contributed by atoms with E-state index >= 15 is 0 Å². The number of amides is 1. The summed E-state index contributed by atoms with van der Waals surface area (Å²) in [5.41, 5.74) is 2.36. The highest BCUT2D eigenvalue weighted by molar-refractivity contribution is 8.87. The molecular weight excluding hydrogens is 457 g/mol. The fourth-order valence-corrected chi connectivity index (χ4v) is 20.5. The predicted molar refractivity (Wildman–Crippen MR) is 140 cm³/mol. The highest BCUT2D eigenvalue weighted by Gasteiger charge is 2.44. The molecule has 0 N–H and O–H groups in total. The van der Waals surface area contributed by atoms with Crippen molar-refractivity contribution >= 4 is 34.4 Å². The van der Waals surface area contributed by atoms with Crippen LogP contribution in [0.3, 0.4) is 0 Å². The first-order chi connectivity index (χ1) is 14.8. The van der Waals surface area contributed by atoms with Crippen molar-refractivity contribution in [3.8, 4) is 0 Å². The standard InChI is InChI=1S/C25H42FNO2S2Si/c1-17(2)32(18(3)4,19(5)6)31-30-23-16-20(26)13-14-21(23)22-12-10-11-15-27(22)24(28)29-25(7,8)9/h13-14,16-19,22H,10-12,15H2,1-9H3. The highest BCUT2D eigenvalue weighted by Crippen LogP contribution is 2.56. The van der Waals surface area contributed by atoms with Crippen molar-refractivity contribution in [2.45, 2.75) is 115 Å². The van der Waals surface area contributed by atoms with Crippen LogP contribution in [0.25, 0.3) is 0 Å². The van der Waals surface area contributed by atoms with Gasteiger partial charge >= 0.3 is 6.09 Å². The lowest BCUT2D eigenvalue weighted by Gasteiger charge is -2.42. The number of ether oxygens (including phenoxy) is 1. The van der Waals surface area contributed by atoms with Crippen molar-refractivity contribution < 1.29 is 13.9 Å². The summed E-state index contributed by atoms with van der Waals surface area (Å²) in [4.78, 5) is 15.8. The topological polar surface area (TPSA) is 29.5 Å². The maximum absolute atomic E-state index is 14.4. The highest BCUT2D eigenvalue weighted by atomic mass is 33.2. The second-order valence-corrected chi connectivity index (χ2v) is 21.4. The first-order valence-electron chi connectivity index (χ1n) is 11.9. The van der Waals surface area contributed by atoms with Gasteiger partial charge < -0.3 is 9.64 Å². The summed E-state index contributed by atoms with van der Waals surface area (Å²) in [5.74, 6) is -0.220. The first kappa shape index (κ1) is 27.6. The number of rotatable bonds is 7. The minimum Gasteiger partial charge on any atom is -0.444 e. The second kappa shape index (κ2) is 11.2. The zero-order valence-electron chi connectivity index (χ0n) is 21.3. The third-order valence-corrected chi connectivity index (χ3v) is 22.0. The Bertz CT molecular complexity index is 758. The van der Waals surface area contributed by atoms with E-state index in [4.69, 9.17) is 4.74 Å². The molecule has 0 aliphatic carbocycles. The van der Waals surface area contributed by atoms with E-state index in [2.05, 4.69) is 41.5 Å². The van der Waals surface area contributed by atoms with Gasteiger partial charge in [-0.3, -0.25) is 0 Å². The van der Waals surface area contributed by atoms with Gasteiger partial charge in [0.15, 0.2) is 0 Å². The number of hydrogen-bond acceptors (Lipinski definition) is 4. The molecule has 0 saturated carbocycles. The van der Waals surface area contributed by atoms with Gasteiger partial charge in [-0.15, -0.1) is 10.2 Å². The number of benzene rings is 1. The van der Waals surface area contributed by atoms with Crippen LogP contribution in [-0.2, 0) is 4.74 Å². The van der Waals surface area contributed by atoms with Gasteiger partial charge in [-0.05, 0) is 74.4 Å². The Morgan fingerprint density at radius 1 is 1.09 bits per heavy atom. The molecule has 32 heavy (non-hydrogen) atoms. The zero-order valence-corrected chi connectivity index (χ0v) is 24.0. The number of hydrogen-bond donors (Lipinski definition) is 0. The van der Waals surface area contributed by atoms with Gasteiger partial charge in [0.1, 0.15) is 18.6 Å². The van der Waals surface area contributed by atoms with Crippen LogP contribution in [-0.4, -0.2) is 30.4 Å². The van der Waals surface area contributed by atoms with Crippen LogP contribution in [0.4, 0.5) is 9.18 Å². The lowest BCUT2D eigenvalue weighted by atomic mass is 9.95. The molecule has 0 aromatic heterocycles. The van der Waals surface area contributed by atoms with Crippen molar-refractivity contribution in [1.29, 1.82) is 0 Å². The van der Waals surface area contributed by atoms with Gasteiger partial charge in [-0.2, -0.15) is 0 Å². The van der Waals surface area contributed by atoms with Crippen molar-refractivity contribution in [3.05, 3.63) is 29.6 Å². The van der Waals surface area contributed by atoms with E-state index in [0.29, 0.717) is 23.2 Å². The smallest absolute Gasteiger partial charge is 0.410 e. The molecule has 1 aliphatic rings. The zero-order chi connectivity index (χ0) is 24.3. The summed E-state index contributed by atoms with van der Waals surface area (Å²) in [5, 5.41) is 0. The summed E-state index contributed by atoms with van der Waals surface area (Å²) >= 11 is 0. The lowest BCUT2D eigenvalue weighted by Crippen LogP contribution is -2.42.